The molecule has 1 fully saturated rings. The largest absolute Gasteiger partial charge is 0.327 e. The molecular weight excluding hydrogens is 242 g/mol. The van der Waals surface area contributed by atoms with Crippen molar-refractivity contribution < 1.29 is 0 Å². The van der Waals surface area contributed by atoms with Gasteiger partial charge in [0.1, 0.15) is 0 Å². The predicted molar refractivity (Wildman–Crippen MR) is 87.9 cm³/mol. The highest BCUT2D eigenvalue weighted by molar-refractivity contribution is 5.28. The minimum absolute atomic E-state index is 0.338. The maximum absolute atomic E-state index is 6.44. The van der Waals surface area contributed by atoms with Crippen molar-refractivity contribution in [2.24, 2.45) is 17.1 Å². The molecular formula is C19H31N. The Hall–Kier alpha value is -0.820. The second-order valence-electron chi connectivity index (χ2n) is 7.64. The fourth-order valence-corrected chi connectivity index (χ4v) is 3.63. The smallest absolute Gasteiger partial charge is 0.0108 e. The second-order valence-corrected chi connectivity index (χ2v) is 7.64. The zero-order chi connectivity index (χ0) is 14.8. The fourth-order valence-electron chi connectivity index (χ4n) is 3.63. The van der Waals surface area contributed by atoms with Crippen molar-refractivity contribution in [1.29, 1.82) is 0 Å². The number of aryl methyl sites for hydroxylation is 1. The molecule has 1 aromatic rings. The quantitative estimate of drug-likeness (QED) is 0.833. The zero-order valence-electron chi connectivity index (χ0n) is 13.7. The summed E-state index contributed by atoms with van der Waals surface area (Å²) < 4.78 is 0. The Labute approximate surface area is 125 Å². The summed E-state index contributed by atoms with van der Waals surface area (Å²) in [5.41, 5.74) is 9.78. The van der Waals surface area contributed by atoms with Crippen molar-refractivity contribution in [2.45, 2.75) is 71.8 Å². The first kappa shape index (κ1) is 15.6. The number of nitrogens with two attached hydrogens (primary N) is 1. The van der Waals surface area contributed by atoms with E-state index in [4.69, 9.17) is 5.73 Å². The highest BCUT2D eigenvalue weighted by Gasteiger charge is 2.35. The summed E-state index contributed by atoms with van der Waals surface area (Å²) in [7, 11) is 0. The van der Waals surface area contributed by atoms with Gasteiger partial charge >= 0.3 is 0 Å². The van der Waals surface area contributed by atoms with Crippen molar-refractivity contribution >= 4 is 0 Å². The zero-order valence-corrected chi connectivity index (χ0v) is 13.7. The third-order valence-electron chi connectivity index (χ3n) is 5.05. The van der Waals surface area contributed by atoms with Gasteiger partial charge in [-0.25, -0.2) is 0 Å². The molecule has 1 saturated carbocycles. The van der Waals surface area contributed by atoms with Gasteiger partial charge in [-0.05, 0) is 54.1 Å². The lowest BCUT2D eigenvalue weighted by atomic mass is 9.66. The number of hydrogen-bond donors (Lipinski definition) is 1. The van der Waals surface area contributed by atoms with Crippen molar-refractivity contribution in [2.75, 3.05) is 0 Å². The van der Waals surface area contributed by atoms with Gasteiger partial charge in [-0.3, -0.25) is 0 Å². The van der Waals surface area contributed by atoms with E-state index in [9.17, 15) is 0 Å². The van der Waals surface area contributed by atoms with Crippen LogP contribution in [0.1, 0.15) is 70.4 Å². The van der Waals surface area contributed by atoms with Crippen LogP contribution in [-0.2, 0) is 6.42 Å². The lowest BCUT2D eigenvalue weighted by Gasteiger charge is -2.41. The molecule has 112 valence electrons. The summed E-state index contributed by atoms with van der Waals surface area (Å²) in [5, 5.41) is 0. The summed E-state index contributed by atoms with van der Waals surface area (Å²) >= 11 is 0. The SMILES string of the molecule is CCCc1cccc(C2CC(C(C)(C)C)CCC2N)c1. The number of benzene rings is 1. The van der Waals surface area contributed by atoms with Crippen molar-refractivity contribution in [3.8, 4) is 0 Å². The molecule has 1 aliphatic carbocycles. The molecule has 1 aromatic carbocycles. The predicted octanol–water partition coefficient (Wildman–Crippen LogP) is 4.90. The average molecular weight is 273 g/mol. The standard InChI is InChI=1S/C19H31N/c1-5-7-14-8-6-9-15(12-14)17-13-16(19(2,3)4)10-11-18(17)20/h6,8-9,12,16-18H,5,7,10-11,13,20H2,1-4H3. The van der Waals surface area contributed by atoms with Gasteiger partial charge in [0.2, 0.25) is 0 Å². The van der Waals surface area contributed by atoms with E-state index < -0.39 is 0 Å². The maximum Gasteiger partial charge on any atom is 0.0108 e. The Kier molecular flexibility index (Phi) is 4.90. The molecule has 20 heavy (non-hydrogen) atoms. The van der Waals surface area contributed by atoms with Crippen LogP contribution in [0.3, 0.4) is 0 Å². The molecule has 3 unspecified atom stereocenters. The van der Waals surface area contributed by atoms with Crippen molar-refractivity contribution in [3.63, 3.8) is 0 Å². The first-order valence-electron chi connectivity index (χ1n) is 8.26. The molecule has 0 radical (unpaired) electrons. The van der Waals surface area contributed by atoms with E-state index in [1.165, 1.54) is 43.2 Å². The Balaban J connectivity index is 2.18. The molecule has 1 aliphatic rings. The normalized spacial score (nSPS) is 27.6. The van der Waals surface area contributed by atoms with E-state index in [-0.39, 0.29) is 0 Å². The van der Waals surface area contributed by atoms with E-state index in [1.807, 2.05) is 0 Å². The van der Waals surface area contributed by atoms with Gasteiger partial charge in [0.05, 0.1) is 0 Å². The van der Waals surface area contributed by atoms with Crippen LogP contribution in [0.2, 0.25) is 0 Å². The Morgan fingerprint density at radius 3 is 2.60 bits per heavy atom. The number of rotatable bonds is 3. The minimum Gasteiger partial charge on any atom is -0.327 e. The van der Waals surface area contributed by atoms with Gasteiger partial charge in [0, 0.05) is 6.04 Å². The molecule has 0 aliphatic heterocycles. The Bertz CT molecular complexity index is 430. The van der Waals surface area contributed by atoms with Crippen LogP contribution in [-0.4, -0.2) is 6.04 Å². The van der Waals surface area contributed by atoms with Crippen LogP contribution < -0.4 is 5.73 Å². The molecule has 1 heteroatoms. The molecule has 1 nitrogen and oxygen atoms in total. The third-order valence-corrected chi connectivity index (χ3v) is 5.05. The lowest BCUT2D eigenvalue weighted by Crippen LogP contribution is -2.38. The van der Waals surface area contributed by atoms with Crippen LogP contribution in [0.5, 0.6) is 0 Å². The first-order valence-corrected chi connectivity index (χ1v) is 8.26. The van der Waals surface area contributed by atoms with Crippen molar-refractivity contribution in [1.82, 2.24) is 0 Å². The Morgan fingerprint density at radius 2 is 1.95 bits per heavy atom. The van der Waals surface area contributed by atoms with E-state index >= 15 is 0 Å². The molecule has 0 bridgehead atoms. The van der Waals surface area contributed by atoms with Crippen LogP contribution in [0.25, 0.3) is 0 Å². The summed E-state index contributed by atoms with van der Waals surface area (Å²) in [5.74, 6) is 1.34. The monoisotopic (exact) mass is 273 g/mol. The fraction of sp³-hybridized carbons (Fsp3) is 0.684. The van der Waals surface area contributed by atoms with Gasteiger partial charge in [-0.15, -0.1) is 0 Å². The van der Waals surface area contributed by atoms with Gasteiger partial charge < -0.3 is 5.73 Å². The van der Waals surface area contributed by atoms with Gasteiger partial charge in [0.25, 0.3) is 0 Å². The van der Waals surface area contributed by atoms with E-state index in [1.54, 1.807) is 0 Å². The maximum atomic E-state index is 6.44. The molecule has 3 atom stereocenters. The summed E-state index contributed by atoms with van der Waals surface area (Å²) in [6.07, 6.45) is 6.10. The molecule has 2 rings (SSSR count). The van der Waals surface area contributed by atoms with E-state index in [0.717, 1.165) is 5.92 Å². The van der Waals surface area contributed by atoms with Crippen molar-refractivity contribution in [3.05, 3.63) is 35.4 Å². The highest BCUT2D eigenvalue weighted by Crippen LogP contribution is 2.43. The molecule has 0 saturated heterocycles. The second kappa shape index (κ2) is 6.30. The average Bonchev–Trinajstić information content (AvgIpc) is 2.38. The molecule has 0 heterocycles. The number of hydrogen-bond acceptors (Lipinski definition) is 1. The first-order chi connectivity index (χ1) is 9.41. The van der Waals surface area contributed by atoms with E-state index in [0.29, 0.717) is 17.4 Å². The Morgan fingerprint density at radius 1 is 1.20 bits per heavy atom. The van der Waals surface area contributed by atoms with Gasteiger partial charge in [-0.2, -0.15) is 0 Å². The van der Waals surface area contributed by atoms with Crippen LogP contribution in [0.4, 0.5) is 0 Å². The molecule has 0 aromatic heterocycles. The molecule has 0 spiro atoms. The summed E-state index contributed by atoms with van der Waals surface area (Å²) in [6.45, 7) is 9.37. The molecule has 2 N–H and O–H groups in total. The van der Waals surface area contributed by atoms with E-state index in [2.05, 4.69) is 52.0 Å². The van der Waals surface area contributed by atoms with Gasteiger partial charge in [-0.1, -0.05) is 58.4 Å². The van der Waals surface area contributed by atoms with Gasteiger partial charge in [0.15, 0.2) is 0 Å². The minimum atomic E-state index is 0.338. The highest BCUT2D eigenvalue weighted by atomic mass is 14.7. The van der Waals surface area contributed by atoms with Crippen LogP contribution in [0.15, 0.2) is 24.3 Å². The topological polar surface area (TPSA) is 26.0 Å². The summed E-state index contributed by atoms with van der Waals surface area (Å²) in [6, 6.07) is 9.50. The third kappa shape index (κ3) is 3.63. The summed E-state index contributed by atoms with van der Waals surface area (Å²) in [4.78, 5) is 0. The lowest BCUT2D eigenvalue weighted by molar-refractivity contribution is 0.154. The van der Waals surface area contributed by atoms with Crippen LogP contribution in [0, 0.1) is 11.3 Å². The molecule has 0 amide bonds. The van der Waals surface area contributed by atoms with Crippen LogP contribution >= 0.6 is 0 Å².